The number of nitrogens with two attached hydrogens (primary N) is 1. The highest BCUT2D eigenvalue weighted by atomic mass is 32.2. The third-order valence-corrected chi connectivity index (χ3v) is 4.18. The van der Waals surface area contributed by atoms with Crippen LogP contribution in [-0.2, 0) is 10.0 Å². The summed E-state index contributed by atoms with van der Waals surface area (Å²) in [4.78, 5) is 0.111. The van der Waals surface area contributed by atoms with Gasteiger partial charge >= 0.3 is 0 Å². The normalized spacial score (nSPS) is 13.6. The molecule has 0 amide bonds. The van der Waals surface area contributed by atoms with Crippen molar-refractivity contribution in [1.29, 1.82) is 0 Å². The smallest absolute Gasteiger partial charge is 0.238 e. The van der Waals surface area contributed by atoms with Gasteiger partial charge in [-0.25, -0.2) is 13.6 Å². The molecule has 0 aromatic heterocycles. The molecule has 0 aliphatic heterocycles. The van der Waals surface area contributed by atoms with E-state index in [4.69, 9.17) is 5.14 Å². The van der Waals surface area contributed by atoms with E-state index in [-0.39, 0.29) is 17.4 Å². The second-order valence-electron chi connectivity index (χ2n) is 3.74. The molecule has 0 aliphatic carbocycles. The Balaban J connectivity index is 3.11. The average molecular weight is 275 g/mol. The molecule has 0 unspecified atom stereocenters. The first kappa shape index (κ1) is 14.5. The predicted molar refractivity (Wildman–Crippen MR) is 70.6 cm³/mol. The van der Waals surface area contributed by atoms with Gasteiger partial charge in [0.1, 0.15) is 0 Å². The Labute approximate surface area is 106 Å². The minimum absolute atomic E-state index is 0.0763. The van der Waals surface area contributed by atoms with E-state index in [9.17, 15) is 13.5 Å². The van der Waals surface area contributed by atoms with Crippen LogP contribution in [-0.4, -0.2) is 32.1 Å². The number of rotatable bonds is 6. The predicted octanol–water partition coefficient (Wildman–Crippen LogP) is 1.16. The summed E-state index contributed by atoms with van der Waals surface area (Å²) in [5.74, 6) is 0.682. The number of hydrogen-bond donors (Lipinski definition) is 2. The van der Waals surface area contributed by atoms with Gasteiger partial charge in [0.2, 0.25) is 10.0 Å². The SMILES string of the molecule is CSCC[C@@H](CO)c1ccccc1S(N)(=O)=O. The van der Waals surface area contributed by atoms with Gasteiger partial charge in [0.15, 0.2) is 0 Å². The van der Waals surface area contributed by atoms with Gasteiger partial charge < -0.3 is 5.11 Å². The number of aliphatic hydroxyl groups excluding tert-OH is 1. The van der Waals surface area contributed by atoms with Gasteiger partial charge in [-0.2, -0.15) is 11.8 Å². The van der Waals surface area contributed by atoms with E-state index < -0.39 is 10.0 Å². The van der Waals surface area contributed by atoms with Gasteiger partial charge in [0.05, 0.1) is 4.90 Å². The Morgan fingerprint density at radius 2 is 2.06 bits per heavy atom. The van der Waals surface area contributed by atoms with Crippen LogP contribution in [0.2, 0.25) is 0 Å². The molecule has 0 saturated carbocycles. The van der Waals surface area contributed by atoms with Gasteiger partial charge in [-0.3, -0.25) is 0 Å². The average Bonchev–Trinajstić information content (AvgIpc) is 2.29. The fourth-order valence-electron chi connectivity index (χ4n) is 1.68. The summed E-state index contributed by atoms with van der Waals surface area (Å²) >= 11 is 1.66. The molecule has 0 saturated heterocycles. The van der Waals surface area contributed by atoms with Gasteiger partial charge in [-0.15, -0.1) is 0 Å². The van der Waals surface area contributed by atoms with Crippen molar-refractivity contribution in [3.05, 3.63) is 29.8 Å². The molecule has 6 heteroatoms. The summed E-state index contributed by atoms with van der Waals surface area (Å²) in [5, 5.41) is 14.5. The number of sulfonamides is 1. The number of thioether (sulfide) groups is 1. The fraction of sp³-hybridized carbons (Fsp3) is 0.455. The minimum Gasteiger partial charge on any atom is -0.396 e. The molecule has 1 rings (SSSR count). The van der Waals surface area contributed by atoms with Crippen molar-refractivity contribution in [2.75, 3.05) is 18.6 Å². The molecule has 96 valence electrons. The molecule has 0 fully saturated rings. The van der Waals surface area contributed by atoms with Crippen molar-refractivity contribution in [3.63, 3.8) is 0 Å². The van der Waals surface area contributed by atoms with Gasteiger partial charge in [-0.1, -0.05) is 18.2 Å². The zero-order chi connectivity index (χ0) is 12.9. The summed E-state index contributed by atoms with van der Waals surface area (Å²) in [5.41, 5.74) is 0.603. The Kier molecular flexibility index (Phi) is 5.45. The maximum absolute atomic E-state index is 11.4. The topological polar surface area (TPSA) is 80.4 Å². The van der Waals surface area contributed by atoms with Crippen molar-refractivity contribution in [2.45, 2.75) is 17.2 Å². The largest absolute Gasteiger partial charge is 0.396 e. The number of primary sulfonamides is 1. The van der Waals surface area contributed by atoms with E-state index in [1.165, 1.54) is 6.07 Å². The monoisotopic (exact) mass is 275 g/mol. The molecule has 0 aliphatic rings. The number of aliphatic hydroxyl groups is 1. The number of hydrogen-bond acceptors (Lipinski definition) is 4. The summed E-state index contributed by atoms with van der Waals surface area (Å²) in [7, 11) is -3.73. The van der Waals surface area contributed by atoms with E-state index in [1.54, 1.807) is 30.0 Å². The Morgan fingerprint density at radius 1 is 1.41 bits per heavy atom. The maximum atomic E-state index is 11.4. The van der Waals surface area contributed by atoms with Gasteiger partial charge in [-0.05, 0) is 30.1 Å². The Hall–Kier alpha value is -0.560. The quantitative estimate of drug-likeness (QED) is 0.816. The van der Waals surface area contributed by atoms with Crippen molar-refractivity contribution in [3.8, 4) is 0 Å². The Morgan fingerprint density at radius 3 is 2.59 bits per heavy atom. The third-order valence-electron chi connectivity index (χ3n) is 2.56. The van der Waals surface area contributed by atoms with Crippen LogP contribution in [0, 0.1) is 0 Å². The lowest BCUT2D eigenvalue weighted by Gasteiger charge is -2.16. The lowest BCUT2D eigenvalue weighted by atomic mass is 9.97. The first-order valence-electron chi connectivity index (χ1n) is 5.22. The van der Waals surface area contributed by atoms with Crippen LogP contribution in [0.4, 0.5) is 0 Å². The summed E-state index contributed by atoms with van der Waals surface area (Å²) in [6, 6.07) is 6.57. The van der Waals surface area contributed by atoms with E-state index >= 15 is 0 Å². The van der Waals surface area contributed by atoms with Gasteiger partial charge in [0, 0.05) is 12.5 Å². The lowest BCUT2D eigenvalue weighted by molar-refractivity contribution is 0.261. The van der Waals surface area contributed by atoms with E-state index in [0.29, 0.717) is 5.56 Å². The van der Waals surface area contributed by atoms with Crippen molar-refractivity contribution in [1.82, 2.24) is 0 Å². The highest BCUT2D eigenvalue weighted by Crippen LogP contribution is 2.26. The van der Waals surface area contributed by atoms with Crippen LogP contribution in [0.5, 0.6) is 0 Å². The lowest BCUT2D eigenvalue weighted by Crippen LogP contribution is -2.17. The molecular weight excluding hydrogens is 258 g/mol. The molecule has 0 heterocycles. The molecule has 0 radical (unpaired) electrons. The molecule has 4 nitrogen and oxygen atoms in total. The van der Waals surface area contributed by atoms with Gasteiger partial charge in [0.25, 0.3) is 0 Å². The maximum Gasteiger partial charge on any atom is 0.238 e. The summed E-state index contributed by atoms with van der Waals surface area (Å²) < 4.78 is 22.9. The highest BCUT2D eigenvalue weighted by molar-refractivity contribution is 7.98. The van der Waals surface area contributed by atoms with Crippen LogP contribution in [0.25, 0.3) is 0 Å². The summed E-state index contributed by atoms with van der Waals surface area (Å²) in [6.07, 6.45) is 2.70. The molecule has 1 aromatic rings. The second kappa shape index (κ2) is 6.39. The minimum atomic E-state index is -3.73. The molecule has 1 atom stereocenters. The van der Waals surface area contributed by atoms with Crippen LogP contribution in [0.1, 0.15) is 17.9 Å². The third kappa shape index (κ3) is 3.99. The highest BCUT2D eigenvalue weighted by Gasteiger charge is 2.19. The van der Waals surface area contributed by atoms with Crippen LogP contribution >= 0.6 is 11.8 Å². The standard InChI is InChI=1S/C11H17NO3S2/c1-16-7-6-9(8-13)10-4-2-3-5-11(10)17(12,14)15/h2-5,9,13H,6-8H2,1H3,(H2,12,14,15)/t9-/m0/s1. The molecule has 0 bridgehead atoms. The molecule has 1 aromatic carbocycles. The van der Waals surface area contributed by atoms with E-state index in [0.717, 1.165) is 12.2 Å². The fourth-order valence-corrected chi connectivity index (χ4v) is 3.03. The number of benzene rings is 1. The second-order valence-corrected chi connectivity index (χ2v) is 6.26. The molecule has 3 N–H and O–H groups in total. The molecule has 0 spiro atoms. The van der Waals surface area contributed by atoms with Crippen LogP contribution < -0.4 is 5.14 Å². The van der Waals surface area contributed by atoms with Crippen molar-refractivity contribution in [2.24, 2.45) is 5.14 Å². The van der Waals surface area contributed by atoms with Crippen LogP contribution in [0.15, 0.2) is 29.2 Å². The van der Waals surface area contributed by atoms with Crippen molar-refractivity contribution >= 4 is 21.8 Å². The zero-order valence-electron chi connectivity index (χ0n) is 9.67. The first-order chi connectivity index (χ1) is 8.00. The Bertz CT molecular complexity index is 460. The van der Waals surface area contributed by atoms with Crippen molar-refractivity contribution < 1.29 is 13.5 Å². The first-order valence-corrected chi connectivity index (χ1v) is 8.16. The van der Waals surface area contributed by atoms with E-state index in [2.05, 4.69) is 0 Å². The molecule has 17 heavy (non-hydrogen) atoms. The van der Waals surface area contributed by atoms with Crippen LogP contribution in [0.3, 0.4) is 0 Å². The molecular formula is C11H17NO3S2. The zero-order valence-corrected chi connectivity index (χ0v) is 11.3. The van der Waals surface area contributed by atoms with E-state index in [1.807, 2.05) is 6.26 Å². The summed E-state index contributed by atoms with van der Waals surface area (Å²) in [6.45, 7) is -0.0763.